The second-order valence-corrected chi connectivity index (χ2v) is 4.92. The highest BCUT2D eigenvalue weighted by Crippen LogP contribution is 2.27. The predicted octanol–water partition coefficient (Wildman–Crippen LogP) is 3.07. The molecule has 0 amide bonds. The van der Waals surface area contributed by atoms with Crippen molar-refractivity contribution in [3.05, 3.63) is 33.8 Å². The second-order valence-electron chi connectivity index (χ2n) is 3.46. The van der Waals surface area contributed by atoms with Gasteiger partial charge in [0, 0.05) is 12.1 Å². The molecule has 0 atom stereocenters. The summed E-state index contributed by atoms with van der Waals surface area (Å²) in [5, 5.41) is 22.9. The van der Waals surface area contributed by atoms with Crippen molar-refractivity contribution in [2.75, 3.05) is 5.32 Å². The van der Waals surface area contributed by atoms with Gasteiger partial charge in [0.15, 0.2) is 0 Å². The van der Waals surface area contributed by atoms with E-state index < -0.39 is 0 Å². The van der Waals surface area contributed by atoms with E-state index in [1.54, 1.807) is 12.1 Å². The standard InChI is InChI=1S/C11H12ClN3OS/c1-2-9-14-15-11(17-9)13-6-7-4-3-5-8(12)10(7)16/h3-5,16H,2,6H2,1H3,(H,13,15). The lowest BCUT2D eigenvalue weighted by molar-refractivity contribution is 0.469. The number of aromatic nitrogens is 2. The monoisotopic (exact) mass is 269 g/mol. The minimum absolute atomic E-state index is 0.113. The normalized spacial score (nSPS) is 10.5. The first-order chi connectivity index (χ1) is 8.20. The smallest absolute Gasteiger partial charge is 0.205 e. The second kappa shape index (κ2) is 5.33. The van der Waals surface area contributed by atoms with Crippen LogP contribution in [0.15, 0.2) is 18.2 Å². The van der Waals surface area contributed by atoms with Gasteiger partial charge in [0.2, 0.25) is 5.13 Å². The Morgan fingerprint density at radius 1 is 1.41 bits per heavy atom. The third-order valence-electron chi connectivity index (χ3n) is 2.27. The number of nitrogens with one attached hydrogen (secondary N) is 1. The van der Waals surface area contributed by atoms with Gasteiger partial charge in [-0.3, -0.25) is 0 Å². The SMILES string of the molecule is CCc1nnc(NCc2cccc(Cl)c2O)s1. The van der Waals surface area contributed by atoms with Crippen LogP contribution in [-0.4, -0.2) is 15.3 Å². The zero-order valence-electron chi connectivity index (χ0n) is 9.27. The van der Waals surface area contributed by atoms with Crippen LogP contribution in [0.5, 0.6) is 5.75 Å². The minimum atomic E-state index is 0.113. The zero-order valence-corrected chi connectivity index (χ0v) is 10.8. The van der Waals surface area contributed by atoms with Gasteiger partial charge in [-0.2, -0.15) is 0 Å². The minimum Gasteiger partial charge on any atom is -0.506 e. The quantitative estimate of drug-likeness (QED) is 0.896. The number of rotatable bonds is 4. The van der Waals surface area contributed by atoms with E-state index in [-0.39, 0.29) is 5.75 Å². The van der Waals surface area contributed by atoms with Crippen LogP contribution >= 0.6 is 22.9 Å². The molecule has 2 N–H and O–H groups in total. The molecule has 0 aliphatic carbocycles. The molecular formula is C11H12ClN3OS. The summed E-state index contributed by atoms with van der Waals surface area (Å²) in [6, 6.07) is 5.27. The summed E-state index contributed by atoms with van der Waals surface area (Å²) in [5.41, 5.74) is 0.741. The maximum absolute atomic E-state index is 9.72. The fourth-order valence-corrected chi connectivity index (χ4v) is 2.21. The van der Waals surface area contributed by atoms with Gasteiger partial charge >= 0.3 is 0 Å². The Balaban J connectivity index is 2.04. The van der Waals surface area contributed by atoms with Crippen molar-refractivity contribution in [1.29, 1.82) is 0 Å². The summed E-state index contributed by atoms with van der Waals surface area (Å²) in [7, 11) is 0. The largest absolute Gasteiger partial charge is 0.506 e. The maximum Gasteiger partial charge on any atom is 0.205 e. The van der Waals surface area contributed by atoms with Crippen LogP contribution in [0.4, 0.5) is 5.13 Å². The predicted molar refractivity (Wildman–Crippen MR) is 69.7 cm³/mol. The van der Waals surface area contributed by atoms with Gasteiger partial charge in [0.1, 0.15) is 10.8 Å². The number of para-hydroxylation sites is 1. The average Bonchev–Trinajstić information content (AvgIpc) is 2.79. The first kappa shape index (κ1) is 12.1. The third kappa shape index (κ3) is 2.87. The van der Waals surface area contributed by atoms with Crippen molar-refractivity contribution >= 4 is 28.1 Å². The van der Waals surface area contributed by atoms with Gasteiger partial charge < -0.3 is 10.4 Å². The lowest BCUT2D eigenvalue weighted by Gasteiger charge is -2.05. The number of aromatic hydroxyl groups is 1. The van der Waals surface area contributed by atoms with E-state index in [0.29, 0.717) is 11.6 Å². The Hall–Kier alpha value is -1.33. The number of aryl methyl sites for hydroxylation is 1. The molecule has 4 nitrogen and oxygen atoms in total. The zero-order chi connectivity index (χ0) is 12.3. The molecule has 0 spiro atoms. The molecule has 1 aromatic heterocycles. The first-order valence-corrected chi connectivity index (χ1v) is 6.42. The Bertz CT molecular complexity index is 515. The van der Waals surface area contributed by atoms with Crippen molar-refractivity contribution in [3.63, 3.8) is 0 Å². The molecule has 0 saturated heterocycles. The Kier molecular flexibility index (Phi) is 3.81. The molecule has 0 unspecified atom stereocenters. The van der Waals surface area contributed by atoms with Crippen LogP contribution in [0.25, 0.3) is 0 Å². The molecule has 17 heavy (non-hydrogen) atoms. The molecule has 1 heterocycles. The molecule has 90 valence electrons. The van der Waals surface area contributed by atoms with Crippen molar-refractivity contribution in [2.24, 2.45) is 0 Å². The highest BCUT2D eigenvalue weighted by atomic mass is 35.5. The number of benzene rings is 1. The number of anilines is 1. The summed E-state index contributed by atoms with van der Waals surface area (Å²) < 4.78 is 0. The maximum atomic E-state index is 9.72. The topological polar surface area (TPSA) is 58.0 Å². The van der Waals surface area contributed by atoms with E-state index in [9.17, 15) is 5.11 Å². The highest BCUT2D eigenvalue weighted by Gasteiger charge is 2.06. The van der Waals surface area contributed by atoms with E-state index in [2.05, 4.69) is 15.5 Å². The highest BCUT2D eigenvalue weighted by molar-refractivity contribution is 7.15. The number of halogens is 1. The molecule has 0 bridgehead atoms. The molecule has 2 aromatic rings. The van der Waals surface area contributed by atoms with E-state index in [1.807, 2.05) is 13.0 Å². The third-order valence-corrected chi connectivity index (χ3v) is 3.60. The number of nitrogens with zero attached hydrogens (tertiary/aromatic N) is 2. The molecule has 0 aliphatic rings. The van der Waals surface area contributed by atoms with Gasteiger partial charge in [0.25, 0.3) is 0 Å². The summed E-state index contributed by atoms with van der Waals surface area (Å²) in [6.45, 7) is 2.51. The summed E-state index contributed by atoms with van der Waals surface area (Å²) in [4.78, 5) is 0. The Morgan fingerprint density at radius 3 is 2.94 bits per heavy atom. The van der Waals surface area contributed by atoms with Crippen molar-refractivity contribution in [3.8, 4) is 5.75 Å². The molecule has 2 rings (SSSR count). The van der Waals surface area contributed by atoms with Crippen molar-refractivity contribution in [1.82, 2.24) is 10.2 Å². The molecule has 0 fully saturated rings. The van der Waals surface area contributed by atoms with Gasteiger partial charge in [-0.05, 0) is 12.5 Å². The van der Waals surface area contributed by atoms with Crippen LogP contribution < -0.4 is 5.32 Å². The Morgan fingerprint density at radius 2 is 2.24 bits per heavy atom. The van der Waals surface area contributed by atoms with Crippen molar-refractivity contribution < 1.29 is 5.11 Å². The summed E-state index contributed by atoms with van der Waals surface area (Å²) >= 11 is 7.33. The van der Waals surface area contributed by atoms with Crippen LogP contribution in [0, 0.1) is 0 Å². The molecular weight excluding hydrogens is 258 g/mol. The number of phenols is 1. The molecule has 0 saturated carbocycles. The van der Waals surface area contributed by atoms with Crippen LogP contribution in [0.1, 0.15) is 17.5 Å². The fraction of sp³-hybridized carbons (Fsp3) is 0.273. The van der Waals surface area contributed by atoms with Gasteiger partial charge in [0.05, 0.1) is 5.02 Å². The van der Waals surface area contributed by atoms with Crippen LogP contribution in [0.3, 0.4) is 0 Å². The summed E-state index contributed by atoms with van der Waals surface area (Å²) in [5.74, 6) is 0.113. The molecule has 0 radical (unpaired) electrons. The molecule has 6 heteroatoms. The van der Waals surface area contributed by atoms with Gasteiger partial charge in [-0.1, -0.05) is 42.0 Å². The summed E-state index contributed by atoms with van der Waals surface area (Å²) in [6.07, 6.45) is 0.877. The average molecular weight is 270 g/mol. The number of hydrogen-bond acceptors (Lipinski definition) is 5. The lowest BCUT2D eigenvalue weighted by atomic mass is 10.2. The fourth-order valence-electron chi connectivity index (χ4n) is 1.34. The molecule has 1 aromatic carbocycles. The lowest BCUT2D eigenvalue weighted by Crippen LogP contribution is -1.99. The first-order valence-electron chi connectivity index (χ1n) is 5.23. The van der Waals surface area contributed by atoms with E-state index in [0.717, 1.165) is 22.1 Å². The van der Waals surface area contributed by atoms with E-state index >= 15 is 0 Å². The van der Waals surface area contributed by atoms with Crippen molar-refractivity contribution in [2.45, 2.75) is 19.9 Å². The van der Waals surface area contributed by atoms with Gasteiger partial charge in [-0.15, -0.1) is 10.2 Å². The number of phenolic OH excluding ortho intramolecular Hbond substituents is 1. The van der Waals surface area contributed by atoms with Crippen LogP contribution in [0.2, 0.25) is 5.02 Å². The van der Waals surface area contributed by atoms with E-state index in [4.69, 9.17) is 11.6 Å². The van der Waals surface area contributed by atoms with E-state index in [1.165, 1.54) is 11.3 Å². The Labute approximate surface area is 108 Å². The molecule has 0 aliphatic heterocycles. The number of hydrogen-bond donors (Lipinski definition) is 2. The van der Waals surface area contributed by atoms with Gasteiger partial charge in [-0.25, -0.2) is 0 Å². The van der Waals surface area contributed by atoms with Crippen LogP contribution in [-0.2, 0) is 13.0 Å².